The maximum Gasteiger partial charge on any atom is 0.303 e. The van der Waals surface area contributed by atoms with Gasteiger partial charge < -0.3 is 10.4 Å². The number of hydrogen-bond acceptors (Lipinski definition) is 3. The van der Waals surface area contributed by atoms with E-state index in [-0.39, 0.29) is 0 Å². The molecule has 0 aromatic heterocycles. The molecule has 3 rings (SSSR count). The van der Waals surface area contributed by atoms with Crippen LogP contribution in [0.4, 0.5) is 0 Å². The molecule has 21 heavy (non-hydrogen) atoms. The highest BCUT2D eigenvalue weighted by Gasteiger charge is 2.33. The maximum absolute atomic E-state index is 11.1. The molecule has 120 valence electrons. The van der Waals surface area contributed by atoms with Gasteiger partial charge in [0.15, 0.2) is 0 Å². The molecule has 3 fully saturated rings. The Morgan fingerprint density at radius 2 is 1.81 bits per heavy atom. The largest absolute Gasteiger partial charge is 0.481 e. The van der Waals surface area contributed by atoms with Gasteiger partial charge in [0.2, 0.25) is 0 Å². The Hall–Kier alpha value is -0.610. The van der Waals surface area contributed by atoms with Crippen molar-refractivity contribution in [3.8, 4) is 0 Å². The summed E-state index contributed by atoms with van der Waals surface area (Å²) in [6, 6.07) is 1.22. The van der Waals surface area contributed by atoms with Crippen molar-refractivity contribution in [2.24, 2.45) is 11.8 Å². The lowest BCUT2D eigenvalue weighted by atomic mass is 9.84. The minimum Gasteiger partial charge on any atom is -0.481 e. The van der Waals surface area contributed by atoms with Gasteiger partial charge in [-0.15, -0.1) is 0 Å². The molecule has 0 radical (unpaired) electrons. The van der Waals surface area contributed by atoms with Gasteiger partial charge in [-0.3, -0.25) is 9.69 Å². The summed E-state index contributed by atoms with van der Waals surface area (Å²) in [5.41, 5.74) is 0. The number of nitrogens with one attached hydrogen (secondary N) is 1. The van der Waals surface area contributed by atoms with E-state index in [4.69, 9.17) is 5.11 Å². The fourth-order valence-corrected chi connectivity index (χ4v) is 4.38. The van der Waals surface area contributed by atoms with Crippen molar-refractivity contribution in [2.75, 3.05) is 19.6 Å². The van der Waals surface area contributed by atoms with Crippen molar-refractivity contribution in [1.29, 1.82) is 0 Å². The first-order valence-corrected chi connectivity index (χ1v) is 8.90. The number of likely N-dealkylation sites (tertiary alicyclic amines) is 1. The highest BCUT2D eigenvalue weighted by molar-refractivity contribution is 5.67. The topological polar surface area (TPSA) is 52.6 Å². The zero-order chi connectivity index (χ0) is 14.7. The van der Waals surface area contributed by atoms with E-state index in [1.165, 1.54) is 44.9 Å². The first-order valence-electron chi connectivity index (χ1n) is 8.90. The number of carbonyl (C=O) groups is 1. The number of aliphatic carboxylic acids is 1. The van der Waals surface area contributed by atoms with Gasteiger partial charge in [0.25, 0.3) is 0 Å². The molecule has 0 aromatic carbocycles. The van der Waals surface area contributed by atoms with Crippen LogP contribution in [0, 0.1) is 11.8 Å². The Bertz CT molecular complexity index is 351. The van der Waals surface area contributed by atoms with Gasteiger partial charge in [-0.25, -0.2) is 0 Å². The van der Waals surface area contributed by atoms with Crippen molar-refractivity contribution in [2.45, 2.75) is 69.9 Å². The monoisotopic (exact) mass is 294 g/mol. The second-order valence-corrected chi connectivity index (χ2v) is 7.49. The van der Waals surface area contributed by atoms with Crippen LogP contribution in [0.25, 0.3) is 0 Å². The zero-order valence-corrected chi connectivity index (χ0v) is 13.1. The molecule has 2 unspecified atom stereocenters. The average Bonchev–Trinajstić information content (AvgIpc) is 2.89. The van der Waals surface area contributed by atoms with Crippen molar-refractivity contribution in [3.63, 3.8) is 0 Å². The number of carboxylic acid groups (broad SMARTS) is 1. The lowest BCUT2D eigenvalue weighted by Crippen LogP contribution is -2.53. The zero-order valence-electron chi connectivity index (χ0n) is 13.1. The van der Waals surface area contributed by atoms with Crippen LogP contribution in [0.2, 0.25) is 0 Å². The number of rotatable bonds is 6. The standard InChI is InChI=1S/C17H30N2O2/c20-17(21)9-14-8-15(18-10-13-4-3-5-13)12-19(11-14)16-6-1-2-7-16/h13-16,18H,1-12H2,(H,20,21). The Morgan fingerprint density at radius 1 is 1.05 bits per heavy atom. The minimum atomic E-state index is -0.633. The predicted octanol–water partition coefficient (Wildman–Crippen LogP) is 2.48. The summed E-state index contributed by atoms with van der Waals surface area (Å²) in [6.45, 7) is 3.27. The smallest absolute Gasteiger partial charge is 0.303 e. The molecule has 2 N–H and O–H groups in total. The van der Waals surface area contributed by atoms with Crippen LogP contribution in [0.15, 0.2) is 0 Å². The third-order valence-electron chi connectivity index (χ3n) is 5.79. The second-order valence-electron chi connectivity index (χ2n) is 7.49. The van der Waals surface area contributed by atoms with Gasteiger partial charge in [-0.05, 0) is 50.5 Å². The number of nitrogens with zero attached hydrogens (tertiary/aromatic N) is 1. The van der Waals surface area contributed by atoms with Crippen LogP contribution in [-0.4, -0.2) is 47.7 Å². The Labute approximate surface area is 128 Å². The third-order valence-corrected chi connectivity index (χ3v) is 5.79. The molecule has 1 heterocycles. The lowest BCUT2D eigenvalue weighted by Gasteiger charge is -2.41. The molecule has 2 saturated carbocycles. The van der Waals surface area contributed by atoms with E-state index in [1.54, 1.807) is 0 Å². The Kier molecular flexibility index (Phi) is 5.17. The average molecular weight is 294 g/mol. The van der Waals surface area contributed by atoms with E-state index in [0.29, 0.717) is 18.4 Å². The molecule has 1 saturated heterocycles. The van der Waals surface area contributed by atoms with Gasteiger partial charge in [0.05, 0.1) is 0 Å². The molecule has 4 heteroatoms. The van der Waals surface area contributed by atoms with Crippen LogP contribution in [0.5, 0.6) is 0 Å². The molecule has 4 nitrogen and oxygen atoms in total. The fourth-order valence-electron chi connectivity index (χ4n) is 4.38. The van der Waals surface area contributed by atoms with E-state index >= 15 is 0 Å². The fraction of sp³-hybridized carbons (Fsp3) is 0.941. The van der Waals surface area contributed by atoms with Crippen LogP contribution in [-0.2, 0) is 4.79 Å². The van der Waals surface area contributed by atoms with E-state index in [1.807, 2.05) is 0 Å². The van der Waals surface area contributed by atoms with Gasteiger partial charge >= 0.3 is 5.97 Å². The number of carboxylic acids is 1. The normalized spacial score (nSPS) is 32.2. The first kappa shape index (κ1) is 15.3. The van der Waals surface area contributed by atoms with E-state index in [0.717, 1.165) is 38.0 Å². The van der Waals surface area contributed by atoms with E-state index in [9.17, 15) is 4.79 Å². The molecule has 0 spiro atoms. The second kappa shape index (κ2) is 7.10. The first-order chi connectivity index (χ1) is 10.2. The molecule has 2 aliphatic carbocycles. The van der Waals surface area contributed by atoms with Crippen LogP contribution in [0.1, 0.15) is 57.8 Å². The van der Waals surface area contributed by atoms with Crippen LogP contribution in [0.3, 0.4) is 0 Å². The predicted molar refractivity (Wildman–Crippen MR) is 83.3 cm³/mol. The summed E-state index contributed by atoms with van der Waals surface area (Å²) in [5.74, 6) is 0.575. The molecular formula is C17H30N2O2. The lowest BCUT2D eigenvalue weighted by molar-refractivity contribution is -0.138. The molecule has 0 aromatic rings. The SMILES string of the molecule is O=C(O)CC1CC(NCC2CCC2)CN(C2CCCC2)C1. The number of hydrogen-bond donors (Lipinski definition) is 2. The van der Waals surface area contributed by atoms with Gasteiger partial charge in [0.1, 0.15) is 0 Å². The van der Waals surface area contributed by atoms with E-state index in [2.05, 4.69) is 10.2 Å². The molecule has 0 bridgehead atoms. The minimum absolute atomic E-state index is 0.329. The van der Waals surface area contributed by atoms with Gasteiger partial charge in [-0.1, -0.05) is 19.3 Å². The summed E-state index contributed by atoms with van der Waals surface area (Å²) in [4.78, 5) is 13.7. The van der Waals surface area contributed by atoms with Crippen LogP contribution >= 0.6 is 0 Å². The van der Waals surface area contributed by atoms with Crippen molar-refractivity contribution >= 4 is 5.97 Å². The molecule has 1 aliphatic heterocycles. The summed E-state index contributed by atoms with van der Waals surface area (Å²) in [6.07, 6.45) is 10.9. The molecular weight excluding hydrogens is 264 g/mol. The quantitative estimate of drug-likeness (QED) is 0.790. The maximum atomic E-state index is 11.1. The van der Waals surface area contributed by atoms with Gasteiger partial charge in [-0.2, -0.15) is 0 Å². The Morgan fingerprint density at radius 3 is 2.43 bits per heavy atom. The van der Waals surface area contributed by atoms with Crippen molar-refractivity contribution in [3.05, 3.63) is 0 Å². The Balaban J connectivity index is 1.54. The molecule has 3 aliphatic rings. The molecule has 2 atom stereocenters. The summed E-state index contributed by atoms with van der Waals surface area (Å²) in [7, 11) is 0. The summed E-state index contributed by atoms with van der Waals surface area (Å²) < 4.78 is 0. The summed E-state index contributed by atoms with van der Waals surface area (Å²) >= 11 is 0. The van der Waals surface area contributed by atoms with E-state index < -0.39 is 5.97 Å². The van der Waals surface area contributed by atoms with Crippen molar-refractivity contribution < 1.29 is 9.90 Å². The molecule has 0 amide bonds. The third kappa shape index (κ3) is 4.19. The highest BCUT2D eigenvalue weighted by Crippen LogP contribution is 2.30. The van der Waals surface area contributed by atoms with Gasteiger partial charge in [0, 0.05) is 31.6 Å². The van der Waals surface area contributed by atoms with Crippen LogP contribution < -0.4 is 5.32 Å². The van der Waals surface area contributed by atoms with Crippen molar-refractivity contribution in [1.82, 2.24) is 10.2 Å². The highest BCUT2D eigenvalue weighted by atomic mass is 16.4. The number of piperidine rings is 1. The summed E-state index contributed by atoms with van der Waals surface area (Å²) in [5, 5.41) is 12.9.